The Bertz CT molecular complexity index is 807. The van der Waals surface area contributed by atoms with Gasteiger partial charge in [0.05, 0.1) is 17.4 Å². The fourth-order valence-electron chi connectivity index (χ4n) is 2.20. The van der Waals surface area contributed by atoms with Gasteiger partial charge in [-0.3, -0.25) is 9.59 Å². The molecule has 0 spiro atoms. The predicted octanol–water partition coefficient (Wildman–Crippen LogP) is 2.98. The van der Waals surface area contributed by atoms with Crippen molar-refractivity contribution in [2.24, 2.45) is 15.9 Å². The van der Waals surface area contributed by atoms with Crippen molar-refractivity contribution in [3.63, 3.8) is 0 Å². The van der Waals surface area contributed by atoms with Crippen LogP contribution in [0.3, 0.4) is 0 Å². The van der Waals surface area contributed by atoms with Crippen LogP contribution in [0, 0.1) is 18.7 Å². The maximum absolute atomic E-state index is 13.5. The number of ether oxygens (including phenoxy) is 1. The monoisotopic (exact) mass is 379 g/mol. The van der Waals surface area contributed by atoms with Gasteiger partial charge in [0, 0.05) is 11.4 Å². The summed E-state index contributed by atoms with van der Waals surface area (Å²) in [7, 11) is 0. The van der Waals surface area contributed by atoms with E-state index in [1.165, 1.54) is 13.0 Å². The molecule has 1 atom stereocenters. The maximum Gasteiger partial charge on any atom is 0.367 e. The number of aryl methyl sites for hydroxylation is 1. The molecule has 7 nitrogen and oxygen atoms in total. The lowest BCUT2D eigenvalue weighted by atomic mass is 10.1. The molecule has 0 fully saturated rings. The number of halogens is 1. The molecule has 1 N–H and O–H groups in total. The minimum absolute atomic E-state index is 0.106. The summed E-state index contributed by atoms with van der Waals surface area (Å²) in [6.45, 7) is 4.99. The van der Waals surface area contributed by atoms with Gasteiger partial charge in [-0.1, -0.05) is 17.8 Å². The van der Waals surface area contributed by atoms with Crippen molar-refractivity contribution in [2.75, 3.05) is 17.7 Å². The van der Waals surface area contributed by atoms with E-state index in [0.29, 0.717) is 11.3 Å². The third-order valence-electron chi connectivity index (χ3n) is 3.47. The zero-order valence-corrected chi connectivity index (χ0v) is 15.4. The van der Waals surface area contributed by atoms with Gasteiger partial charge in [-0.2, -0.15) is 9.98 Å². The van der Waals surface area contributed by atoms with Gasteiger partial charge >= 0.3 is 12.0 Å². The average Bonchev–Trinajstić information content (AvgIpc) is 2.56. The summed E-state index contributed by atoms with van der Waals surface area (Å²) in [5.74, 6) is -2.43. The Morgan fingerprint density at radius 2 is 2.04 bits per heavy atom. The number of nitrogens with zero attached hydrogens (tertiary/aromatic N) is 2. The van der Waals surface area contributed by atoms with Gasteiger partial charge in [0.15, 0.2) is 0 Å². The number of thioether (sulfide) groups is 1. The van der Waals surface area contributed by atoms with Gasteiger partial charge in [0.25, 0.3) is 0 Å². The summed E-state index contributed by atoms with van der Waals surface area (Å²) < 4.78 is 18.5. The van der Waals surface area contributed by atoms with Crippen LogP contribution in [0.25, 0.3) is 0 Å². The van der Waals surface area contributed by atoms with Gasteiger partial charge in [-0.15, -0.1) is 0 Å². The van der Waals surface area contributed by atoms with Crippen LogP contribution in [0.5, 0.6) is 0 Å². The quantitative estimate of drug-likeness (QED) is 0.793. The maximum atomic E-state index is 13.5. The minimum Gasteiger partial charge on any atom is -0.465 e. The number of amides is 3. The summed E-state index contributed by atoms with van der Waals surface area (Å²) in [4.78, 5) is 43.1. The minimum atomic E-state index is -0.901. The van der Waals surface area contributed by atoms with Crippen LogP contribution in [0.1, 0.15) is 19.4 Å². The first-order valence-corrected chi connectivity index (χ1v) is 8.83. The third kappa shape index (κ3) is 4.98. The number of anilines is 1. The van der Waals surface area contributed by atoms with Gasteiger partial charge in [0.2, 0.25) is 5.91 Å². The molecule has 1 unspecified atom stereocenters. The van der Waals surface area contributed by atoms with Gasteiger partial charge in [-0.05, 0) is 38.5 Å². The molecule has 0 saturated carbocycles. The molecule has 0 radical (unpaired) electrons. The Hall–Kier alpha value is -2.55. The lowest BCUT2D eigenvalue weighted by Crippen LogP contribution is -2.34. The number of rotatable bonds is 5. The van der Waals surface area contributed by atoms with Crippen LogP contribution in [0.2, 0.25) is 0 Å². The molecule has 0 bridgehead atoms. The number of carbonyl (C=O) groups excluding carboxylic acids is 3. The van der Waals surface area contributed by atoms with Crippen LogP contribution in [0.4, 0.5) is 14.9 Å². The van der Waals surface area contributed by atoms with Gasteiger partial charge < -0.3 is 10.1 Å². The van der Waals surface area contributed by atoms with Gasteiger partial charge in [-0.25, -0.2) is 9.18 Å². The summed E-state index contributed by atoms with van der Waals surface area (Å²) >= 11 is 0.944. The van der Waals surface area contributed by atoms with Crippen molar-refractivity contribution in [3.05, 3.63) is 29.6 Å². The second-order valence-electron chi connectivity index (χ2n) is 5.47. The highest BCUT2D eigenvalue weighted by Gasteiger charge is 2.33. The van der Waals surface area contributed by atoms with E-state index in [-0.39, 0.29) is 23.1 Å². The highest BCUT2D eigenvalue weighted by Crippen LogP contribution is 2.22. The van der Waals surface area contributed by atoms with E-state index in [2.05, 4.69) is 15.3 Å². The first-order valence-electron chi connectivity index (χ1n) is 7.85. The number of esters is 1. The van der Waals surface area contributed by atoms with E-state index < -0.39 is 29.6 Å². The number of urea groups is 1. The smallest absolute Gasteiger partial charge is 0.367 e. The molecule has 0 aliphatic carbocycles. The SMILES string of the molecule is CCOC(=O)C1C(C)=NC(=O)N=C1SCC(=O)Nc1ccc(C)c(F)c1. The number of carbonyl (C=O) groups is 3. The van der Waals surface area contributed by atoms with Crippen LogP contribution in [-0.4, -0.2) is 41.0 Å². The summed E-state index contributed by atoms with van der Waals surface area (Å²) in [5.41, 5.74) is 1.06. The molecular weight excluding hydrogens is 361 g/mol. The normalized spacial score (nSPS) is 16.6. The van der Waals surface area contributed by atoms with Crippen LogP contribution in [0.15, 0.2) is 28.2 Å². The third-order valence-corrected chi connectivity index (χ3v) is 4.50. The Morgan fingerprint density at radius 1 is 1.31 bits per heavy atom. The van der Waals surface area contributed by atoms with E-state index in [4.69, 9.17) is 4.74 Å². The Labute approximate surface area is 154 Å². The summed E-state index contributed by atoms with van der Waals surface area (Å²) in [5, 5.41) is 2.71. The van der Waals surface area contributed by atoms with Crippen molar-refractivity contribution in [2.45, 2.75) is 20.8 Å². The molecule has 0 saturated heterocycles. The molecule has 26 heavy (non-hydrogen) atoms. The highest BCUT2D eigenvalue weighted by molar-refractivity contribution is 8.14. The molecule has 1 aromatic carbocycles. The molecule has 1 aromatic rings. The summed E-state index contributed by atoms with van der Waals surface area (Å²) in [6.07, 6.45) is 0. The van der Waals surface area contributed by atoms with Crippen LogP contribution in [-0.2, 0) is 14.3 Å². The number of hydrogen-bond donors (Lipinski definition) is 1. The molecular formula is C17H18FN3O4S. The van der Waals surface area contributed by atoms with Gasteiger partial charge in [0.1, 0.15) is 11.7 Å². The Balaban J connectivity index is 2.03. The lowest BCUT2D eigenvalue weighted by Gasteiger charge is -2.19. The number of hydrogen-bond acceptors (Lipinski definition) is 5. The first-order chi connectivity index (χ1) is 12.3. The largest absolute Gasteiger partial charge is 0.465 e. The summed E-state index contributed by atoms with van der Waals surface area (Å²) in [6, 6.07) is 3.63. The van der Waals surface area contributed by atoms with Crippen molar-refractivity contribution < 1.29 is 23.5 Å². The number of aliphatic imine (C=N–C) groups is 2. The van der Waals surface area contributed by atoms with Crippen molar-refractivity contribution in [1.82, 2.24) is 0 Å². The van der Waals surface area contributed by atoms with Crippen molar-refractivity contribution in [3.8, 4) is 0 Å². The molecule has 9 heteroatoms. The van der Waals surface area contributed by atoms with Crippen LogP contribution < -0.4 is 5.32 Å². The molecule has 3 amide bonds. The number of nitrogens with one attached hydrogen (secondary N) is 1. The van der Waals surface area contributed by atoms with E-state index >= 15 is 0 Å². The average molecular weight is 379 g/mol. The molecule has 1 heterocycles. The molecule has 0 aromatic heterocycles. The Kier molecular flexibility index (Phi) is 6.62. The number of benzene rings is 1. The van der Waals surface area contributed by atoms with Crippen molar-refractivity contribution in [1.29, 1.82) is 0 Å². The van der Waals surface area contributed by atoms with Crippen molar-refractivity contribution >= 4 is 46.1 Å². The Morgan fingerprint density at radius 3 is 2.69 bits per heavy atom. The highest BCUT2D eigenvalue weighted by atomic mass is 32.2. The lowest BCUT2D eigenvalue weighted by molar-refractivity contribution is -0.143. The van der Waals surface area contributed by atoms with E-state index in [9.17, 15) is 18.8 Å². The fraction of sp³-hybridized carbons (Fsp3) is 0.353. The first kappa shape index (κ1) is 19.8. The molecule has 138 valence electrons. The zero-order chi connectivity index (χ0) is 19.3. The van der Waals surface area contributed by atoms with Crippen LogP contribution >= 0.6 is 11.8 Å². The predicted molar refractivity (Wildman–Crippen MR) is 98.3 cm³/mol. The molecule has 2 rings (SSSR count). The zero-order valence-electron chi connectivity index (χ0n) is 14.5. The fourth-order valence-corrected chi connectivity index (χ4v) is 3.12. The molecule has 1 aliphatic heterocycles. The van der Waals surface area contributed by atoms with E-state index in [1.807, 2.05) is 0 Å². The second-order valence-corrected chi connectivity index (χ2v) is 6.47. The van der Waals surface area contributed by atoms with E-state index in [1.54, 1.807) is 26.0 Å². The standard InChI is InChI=1S/C17H18FN3O4S/c1-4-25-16(23)14-10(3)19-17(24)21-15(14)26-8-13(22)20-11-6-5-9(2)12(18)7-11/h5-7,14H,4,8H2,1-3H3,(H,20,22). The second kappa shape index (κ2) is 8.70. The molecule has 1 aliphatic rings. The van der Waals surface area contributed by atoms with E-state index in [0.717, 1.165) is 11.8 Å². The topological polar surface area (TPSA) is 97.2 Å².